The first-order valence-corrected chi connectivity index (χ1v) is 28.2. The van der Waals surface area contributed by atoms with Crippen molar-refractivity contribution in [2.45, 2.75) is 147 Å². The standard InChI is InChI=1S/C64H85N7O8/c1-7-68-53(21-14-37(2)3)38(4)28-42-22-25-63(45(30-42)36-72)26-27-64(60(63)78)52-20-19-47(74)31-40-10-8-11-41(29-40)32-50(51(34-70-61(66)67)43-15-17-46(73)18-16-43)55(76)35-69-57-56-44(12-9-13-49(56)58(65)71-59(57)77)33-54(75)39(5)48(52)23-24-62(64,6)79/h8-18,22,25,28-30,47,50-53,55,57-58,60,68-69,72-74,76,78-79H,4,7,19-21,23-24,26-27,31-36,65H2,1-3,5-6H3,(H,71,77)(H4,66,67,70). The van der Waals surface area contributed by atoms with Crippen LogP contribution in [-0.4, -0.2) is 104 Å². The number of hydrogen-bond donors (Lipinski definition) is 12. The van der Waals surface area contributed by atoms with Crippen LogP contribution in [0.3, 0.4) is 0 Å². The molecule has 0 aromatic heterocycles. The van der Waals surface area contributed by atoms with Gasteiger partial charge in [0.05, 0.1) is 30.5 Å². The number of phenolic OH excluding ortho intramolecular Hbond substituents is 1. The number of aliphatic hydroxyl groups is 5. The summed E-state index contributed by atoms with van der Waals surface area (Å²) in [6.07, 6.45) is 9.47. The van der Waals surface area contributed by atoms with Gasteiger partial charge in [-0.15, -0.1) is 0 Å². The monoisotopic (exact) mass is 1080 g/mol. The molecule has 3 aromatic carbocycles. The lowest BCUT2D eigenvalue weighted by Crippen LogP contribution is -2.61. The largest absolute Gasteiger partial charge is 0.508 e. The van der Waals surface area contributed by atoms with E-state index in [1.54, 1.807) is 31.2 Å². The average Bonchev–Trinajstić information content (AvgIpc) is 3.26. The number of nitrogens with one attached hydrogen (secondary N) is 3. The smallest absolute Gasteiger partial charge is 0.243 e. The highest BCUT2D eigenvalue weighted by Gasteiger charge is 2.68. The van der Waals surface area contributed by atoms with Crippen molar-refractivity contribution in [1.82, 2.24) is 16.0 Å². The van der Waals surface area contributed by atoms with Crippen molar-refractivity contribution in [3.63, 3.8) is 0 Å². The van der Waals surface area contributed by atoms with Crippen LogP contribution in [0.15, 0.2) is 142 Å². The maximum Gasteiger partial charge on any atom is 0.243 e. The summed E-state index contributed by atoms with van der Waals surface area (Å²) < 4.78 is 0. The summed E-state index contributed by atoms with van der Waals surface area (Å²) in [6.45, 7) is 14.7. The van der Waals surface area contributed by atoms with Crippen LogP contribution >= 0.6 is 0 Å². The van der Waals surface area contributed by atoms with Gasteiger partial charge in [0.15, 0.2) is 11.7 Å². The number of nitrogens with zero attached hydrogens (tertiary/aromatic N) is 1. The number of phenols is 1. The Balaban J connectivity index is 1.21. The van der Waals surface area contributed by atoms with Crippen molar-refractivity contribution in [3.05, 3.63) is 171 Å². The Bertz CT molecular complexity index is 2930. The normalized spacial score (nSPS) is 30.7. The van der Waals surface area contributed by atoms with Gasteiger partial charge in [0.2, 0.25) is 5.91 Å². The van der Waals surface area contributed by atoms with E-state index in [2.05, 4.69) is 54.4 Å². The molecule has 79 heavy (non-hydrogen) atoms. The second-order valence-corrected chi connectivity index (χ2v) is 23.5. The highest BCUT2D eigenvalue weighted by atomic mass is 16.3. The van der Waals surface area contributed by atoms with E-state index in [9.17, 15) is 35.4 Å². The number of aromatic hydroxyl groups is 1. The van der Waals surface area contributed by atoms with Crippen LogP contribution in [-0.2, 0) is 28.9 Å². The van der Waals surface area contributed by atoms with Crippen molar-refractivity contribution >= 4 is 17.6 Å². The van der Waals surface area contributed by atoms with E-state index in [0.717, 1.165) is 46.4 Å². The first kappa shape index (κ1) is 59.1. The molecular weight excluding hydrogens is 995 g/mol. The van der Waals surface area contributed by atoms with Gasteiger partial charge in [-0.25, -0.2) is 0 Å². The molecule has 3 aliphatic carbocycles. The summed E-state index contributed by atoms with van der Waals surface area (Å²) in [5.74, 6) is -2.26. The summed E-state index contributed by atoms with van der Waals surface area (Å²) in [5, 5.41) is 82.2. The Morgan fingerprint density at radius 3 is 2.41 bits per heavy atom. The maximum atomic E-state index is 15.2. The zero-order valence-corrected chi connectivity index (χ0v) is 46.7. The molecule has 12 unspecified atom stereocenters. The molecular formula is C64H85N7O8. The van der Waals surface area contributed by atoms with Crippen LogP contribution in [0.1, 0.15) is 131 Å². The Hall–Kier alpha value is -6.01. The number of carbonyl (C=O) groups is 2. The van der Waals surface area contributed by atoms with Gasteiger partial charge in [0.25, 0.3) is 0 Å². The number of carbonyl (C=O) groups excluding carboxylic acids is 2. The number of Topliss-reactive ketones (excluding diaryl/α,β-unsaturated/α-hetero) is 1. The number of hydrogen-bond acceptors (Lipinski definition) is 12. The molecule has 2 spiro atoms. The summed E-state index contributed by atoms with van der Waals surface area (Å²) in [6, 6.07) is 19.0. The van der Waals surface area contributed by atoms with Crippen LogP contribution < -0.4 is 33.2 Å². The van der Waals surface area contributed by atoms with Crippen LogP contribution in [0.4, 0.5) is 0 Å². The second-order valence-electron chi connectivity index (χ2n) is 23.5. The highest BCUT2D eigenvalue weighted by molar-refractivity contribution is 5.98. The van der Waals surface area contributed by atoms with Gasteiger partial charge in [-0.1, -0.05) is 110 Å². The summed E-state index contributed by atoms with van der Waals surface area (Å²) in [7, 11) is 0. The number of benzene rings is 3. The molecule has 12 atom stereocenters. The molecule has 0 radical (unpaired) electrons. The number of ketones is 1. The minimum absolute atomic E-state index is 0.00405. The number of nitrogens with two attached hydrogens (primary N) is 3. The number of aliphatic imine (C=N–C) groups is 1. The van der Waals surface area contributed by atoms with E-state index in [0.29, 0.717) is 59.9 Å². The predicted molar refractivity (Wildman–Crippen MR) is 310 cm³/mol. The molecule has 8 rings (SSSR count). The number of rotatable bonds is 11. The first-order valence-electron chi connectivity index (χ1n) is 28.2. The zero-order chi connectivity index (χ0) is 57.0. The fraction of sp³-hybridized carbons (Fsp3) is 0.484. The SMILES string of the molecule is C=C(C=C1C=CC2(CCC3(C4CCC(O)Cc5cccc(c5)CC(C(CN=C(N)N)c5ccc(O)cc5)C(O)CNC5C(=O)NC(N)c6cccc(c65)CC(=O)C(C)=C4CCC3(C)O)C2O)C(CO)=C1)C(CC=C(C)C)NCC. The number of fused-ring (bicyclic) bond motifs is 4. The number of aliphatic hydroxyl groups excluding tert-OH is 4. The highest BCUT2D eigenvalue weighted by Crippen LogP contribution is 2.67. The lowest BCUT2D eigenvalue weighted by atomic mass is 9.51. The molecule has 15 N–H and O–H groups in total. The Morgan fingerprint density at radius 1 is 0.987 bits per heavy atom. The van der Waals surface area contributed by atoms with Gasteiger partial charge in [0, 0.05) is 42.3 Å². The van der Waals surface area contributed by atoms with Crippen molar-refractivity contribution in [2.24, 2.45) is 44.9 Å². The third-order valence-corrected chi connectivity index (χ3v) is 18.3. The van der Waals surface area contributed by atoms with E-state index >= 15 is 4.79 Å². The first-order chi connectivity index (χ1) is 37.6. The van der Waals surface area contributed by atoms with Gasteiger partial charge >= 0.3 is 0 Å². The number of guanidine groups is 1. The minimum Gasteiger partial charge on any atom is -0.508 e. The fourth-order valence-corrected chi connectivity index (χ4v) is 14.0. The van der Waals surface area contributed by atoms with E-state index in [-0.39, 0.29) is 68.9 Å². The molecule has 2 aliphatic heterocycles. The van der Waals surface area contributed by atoms with Crippen LogP contribution in [0.2, 0.25) is 0 Å². The number of allylic oxidation sites excluding steroid dienone is 6. The van der Waals surface area contributed by atoms with Crippen molar-refractivity contribution < 1.29 is 40.2 Å². The zero-order valence-electron chi connectivity index (χ0n) is 46.7. The molecule has 15 nitrogen and oxygen atoms in total. The van der Waals surface area contributed by atoms with Crippen molar-refractivity contribution in [3.8, 4) is 5.75 Å². The summed E-state index contributed by atoms with van der Waals surface area (Å²) in [5.41, 5.74) is 23.9. The summed E-state index contributed by atoms with van der Waals surface area (Å²) in [4.78, 5) is 33.8. The Morgan fingerprint density at radius 2 is 1.71 bits per heavy atom. The number of amides is 1. The van der Waals surface area contributed by atoms with Gasteiger partial charge in [-0.2, -0.15) is 0 Å². The van der Waals surface area contributed by atoms with E-state index in [1.165, 1.54) is 5.57 Å². The quantitative estimate of drug-likeness (QED) is 0.0588. The molecule has 0 saturated heterocycles. The molecule has 3 aromatic rings. The Labute approximate surface area is 466 Å². The van der Waals surface area contributed by atoms with Crippen LogP contribution in [0, 0.1) is 22.7 Å². The van der Waals surface area contributed by atoms with E-state index < -0.39 is 70.6 Å². The van der Waals surface area contributed by atoms with Gasteiger partial charge < -0.3 is 58.5 Å². The fourth-order valence-electron chi connectivity index (χ4n) is 14.0. The van der Waals surface area contributed by atoms with Crippen molar-refractivity contribution in [1.29, 1.82) is 0 Å². The summed E-state index contributed by atoms with van der Waals surface area (Å²) >= 11 is 0. The number of β-amino-alcohol motifs (C(OH)–C–C–N with tert-alkyl or cyclic N) is 1. The third-order valence-electron chi connectivity index (χ3n) is 18.3. The van der Waals surface area contributed by atoms with Crippen molar-refractivity contribution in [2.75, 3.05) is 26.2 Å². The molecule has 424 valence electrons. The van der Waals surface area contributed by atoms with Gasteiger partial charge in [-0.3, -0.25) is 19.9 Å². The maximum absolute atomic E-state index is 15.2. The molecule has 1 amide bonds. The Kier molecular flexibility index (Phi) is 18.5. The molecule has 5 aliphatic rings. The minimum atomic E-state index is -1.43. The molecule has 2 fully saturated rings. The lowest BCUT2D eigenvalue weighted by Gasteiger charge is -2.57. The lowest BCUT2D eigenvalue weighted by molar-refractivity contribution is -0.174. The number of likely N-dealkylation sites (N-methyl/N-ethyl adjacent to an activating group) is 1. The average molecular weight is 1080 g/mol. The predicted octanol–water partition coefficient (Wildman–Crippen LogP) is 6.11. The van der Waals surface area contributed by atoms with Crippen LogP contribution in [0.25, 0.3) is 0 Å². The molecule has 2 heterocycles. The molecule has 2 bridgehead atoms. The molecule has 2 saturated carbocycles. The molecule has 15 heteroatoms. The van der Waals surface area contributed by atoms with Gasteiger partial charge in [-0.05, 0) is 172 Å². The topological polar surface area (TPSA) is 282 Å². The second kappa shape index (κ2) is 24.8. The van der Waals surface area contributed by atoms with E-state index in [1.807, 2.05) is 73.7 Å². The third kappa shape index (κ3) is 12.3. The van der Waals surface area contributed by atoms with Gasteiger partial charge in [0.1, 0.15) is 18.0 Å². The van der Waals surface area contributed by atoms with E-state index in [4.69, 9.17) is 17.2 Å². The van der Waals surface area contributed by atoms with Crippen LogP contribution in [0.5, 0.6) is 5.75 Å².